The van der Waals surface area contributed by atoms with Gasteiger partial charge in [0.25, 0.3) is 5.91 Å². The minimum Gasteiger partial charge on any atom is -0.330 e. The van der Waals surface area contributed by atoms with Gasteiger partial charge in [-0.15, -0.1) is 11.3 Å². The number of carbonyl (C=O) groups excluding carboxylic acids is 1. The number of aromatic nitrogens is 4. The van der Waals surface area contributed by atoms with Gasteiger partial charge in [0, 0.05) is 29.9 Å². The predicted molar refractivity (Wildman–Crippen MR) is 103 cm³/mol. The molecule has 1 aromatic carbocycles. The third kappa shape index (κ3) is 3.07. The first-order chi connectivity index (χ1) is 14.1. The van der Waals surface area contributed by atoms with Crippen LogP contribution in [-0.4, -0.2) is 36.9 Å². The van der Waals surface area contributed by atoms with E-state index in [1.165, 1.54) is 17.4 Å². The maximum Gasteiger partial charge on any atom is 0.273 e. The number of fused-ring (bicyclic) bond motifs is 1. The topological polar surface area (TPSA) is 63.4 Å². The number of nitrogens with zero attached hydrogens (tertiary/aromatic N) is 5. The van der Waals surface area contributed by atoms with Gasteiger partial charge >= 0.3 is 0 Å². The van der Waals surface area contributed by atoms with Gasteiger partial charge in [-0.05, 0) is 37.1 Å². The smallest absolute Gasteiger partial charge is 0.273 e. The number of halogens is 2. The van der Waals surface area contributed by atoms with E-state index >= 15 is 0 Å². The Kier molecular flexibility index (Phi) is 4.31. The Hall–Kier alpha value is -3.20. The van der Waals surface area contributed by atoms with Gasteiger partial charge in [-0.1, -0.05) is 0 Å². The normalized spacial score (nSPS) is 16.6. The number of amides is 1. The van der Waals surface area contributed by atoms with Crippen LogP contribution in [0.15, 0.2) is 48.2 Å². The summed E-state index contributed by atoms with van der Waals surface area (Å²) in [6.45, 7) is 0.477. The van der Waals surface area contributed by atoms with Crippen molar-refractivity contribution in [2.24, 2.45) is 0 Å². The molecule has 0 radical (unpaired) electrons. The number of likely N-dealkylation sites (tertiary alicyclic amines) is 1. The molecule has 1 amide bonds. The maximum atomic E-state index is 14.3. The van der Waals surface area contributed by atoms with Gasteiger partial charge in [0.05, 0.1) is 17.8 Å². The number of thiazole rings is 1. The van der Waals surface area contributed by atoms with Crippen molar-refractivity contribution < 1.29 is 13.6 Å². The minimum atomic E-state index is -0.516. The zero-order chi connectivity index (χ0) is 20.0. The Morgan fingerprint density at radius 1 is 1.28 bits per heavy atom. The molecule has 0 bridgehead atoms. The lowest BCUT2D eigenvalue weighted by molar-refractivity contribution is 0.0728. The molecular formula is C20H15F2N5OS. The Morgan fingerprint density at radius 2 is 2.17 bits per heavy atom. The van der Waals surface area contributed by atoms with Crippen LogP contribution in [0.2, 0.25) is 0 Å². The molecule has 0 N–H and O–H groups in total. The summed E-state index contributed by atoms with van der Waals surface area (Å²) in [6, 6.07) is 4.63. The number of hydrogen-bond donors (Lipinski definition) is 0. The summed E-state index contributed by atoms with van der Waals surface area (Å²) in [5.74, 6) is -1.31. The van der Waals surface area contributed by atoms with Crippen LogP contribution in [0.3, 0.4) is 0 Å². The molecule has 1 aliphatic heterocycles. The van der Waals surface area contributed by atoms with E-state index in [-0.39, 0.29) is 17.2 Å². The molecule has 0 aliphatic carbocycles. The molecule has 9 heteroatoms. The second-order valence-electron chi connectivity index (χ2n) is 6.81. The molecule has 1 aliphatic rings. The van der Waals surface area contributed by atoms with Crippen molar-refractivity contribution in [3.63, 3.8) is 0 Å². The summed E-state index contributed by atoms with van der Waals surface area (Å²) in [4.78, 5) is 23.5. The van der Waals surface area contributed by atoms with Crippen LogP contribution in [0.25, 0.3) is 16.2 Å². The summed E-state index contributed by atoms with van der Waals surface area (Å²) in [5.41, 5.74) is 1.88. The van der Waals surface area contributed by atoms with Gasteiger partial charge in [0.15, 0.2) is 5.65 Å². The molecular weight excluding hydrogens is 396 g/mol. The van der Waals surface area contributed by atoms with Crippen LogP contribution in [0.1, 0.15) is 34.9 Å². The van der Waals surface area contributed by atoms with Crippen molar-refractivity contribution in [3.8, 4) is 10.6 Å². The van der Waals surface area contributed by atoms with E-state index in [2.05, 4.69) is 15.1 Å². The van der Waals surface area contributed by atoms with Gasteiger partial charge in [-0.3, -0.25) is 4.79 Å². The first-order valence-corrected chi connectivity index (χ1v) is 10.00. The van der Waals surface area contributed by atoms with Crippen LogP contribution >= 0.6 is 11.3 Å². The lowest BCUT2D eigenvalue weighted by Gasteiger charge is -2.24. The maximum absolute atomic E-state index is 14.3. The molecule has 5 rings (SSSR count). The number of hydrogen-bond acceptors (Lipinski definition) is 5. The molecule has 1 atom stereocenters. The quantitative estimate of drug-likeness (QED) is 0.509. The first-order valence-electron chi connectivity index (χ1n) is 9.12. The molecule has 0 saturated carbocycles. The van der Waals surface area contributed by atoms with Crippen molar-refractivity contribution in [2.45, 2.75) is 18.9 Å². The molecule has 1 saturated heterocycles. The highest BCUT2D eigenvalue weighted by atomic mass is 32.1. The van der Waals surface area contributed by atoms with Crippen molar-refractivity contribution in [3.05, 3.63) is 71.1 Å². The Bertz CT molecular complexity index is 1220. The lowest BCUT2D eigenvalue weighted by atomic mass is 10.0. The molecule has 4 heterocycles. The van der Waals surface area contributed by atoms with Gasteiger partial charge in [0.2, 0.25) is 0 Å². The Labute approximate surface area is 168 Å². The molecule has 6 nitrogen and oxygen atoms in total. The largest absolute Gasteiger partial charge is 0.330 e. The Morgan fingerprint density at radius 3 is 3.07 bits per heavy atom. The van der Waals surface area contributed by atoms with Crippen LogP contribution < -0.4 is 0 Å². The highest BCUT2D eigenvalue weighted by Crippen LogP contribution is 2.35. The summed E-state index contributed by atoms with van der Waals surface area (Å²) in [6.07, 6.45) is 6.43. The van der Waals surface area contributed by atoms with Gasteiger partial charge in [-0.2, -0.15) is 5.10 Å². The zero-order valence-electron chi connectivity index (χ0n) is 15.1. The van der Waals surface area contributed by atoms with Gasteiger partial charge < -0.3 is 4.90 Å². The summed E-state index contributed by atoms with van der Waals surface area (Å²) in [5, 5.41) is 6.56. The average molecular weight is 411 g/mol. The van der Waals surface area contributed by atoms with Crippen LogP contribution in [0.5, 0.6) is 0 Å². The third-order valence-electron chi connectivity index (χ3n) is 5.06. The van der Waals surface area contributed by atoms with E-state index < -0.39 is 17.7 Å². The fraction of sp³-hybridized carbons (Fsp3) is 0.200. The molecule has 146 valence electrons. The summed E-state index contributed by atoms with van der Waals surface area (Å²) < 4.78 is 29.6. The predicted octanol–water partition coefficient (Wildman–Crippen LogP) is 4.11. The van der Waals surface area contributed by atoms with E-state index in [9.17, 15) is 13.6 Å². The summed E-state index contributed by atoms with van der Waals surface area (Å²) in [7, 11) is 0. The van der Waals surface area contributed by atoms with Crippen LogP contribution in [0, 0.1) is 11.6 Å². The first kappa shape index (κ1) is 17.9. The van der Waals surface area contributed by atoms with Crippen molar-refractivity contribution in [1.29, 1.82) is 0 Å². The molecule has 0 spiro atoms. The van der Waals surface area contributed by atoms with E-state index in [1.807, 2.05) is 0 Å². The highest BCUT2D eigenvalue weighted by Gasteiger charge is 2.33. The van der Waals surface area contributed by atoms with Crippen molar-refractivity contribution >= 4 is 22.9 Å². The zero-order valence-corrected chi connectivity index (χ0v) is 15.9. The monoisotopic (exact) mass is 411 g/mol. The average Bonchev–Trinajstić information content (AvgIpc) is 3.47. The molecule has 3 aromatic heterocycles. The van der Waals surface area contributed by atoms with Crippen LogP contribution in [-0.2, 0) is 0 Å². The van der Waals surface area contributed by atoms with E-state index in [0.29, 0.717) is 23.6 Å². The van der Waals surface area contributed by atoms with E-state index in [0.717, 1.165) is 24.1 Å². The highest BCUT2D eigenvalue weighted by molar-refractivity contribution is 7.13. The number of carbonyl (C=O) groups is 1. The Balaban J connectivity index is 1.46. The van der Waals surface area contributed by atoms with Crippen molar-refractivity contribution in [2.75, 3.05) is 6.54 Å². The standard InChI is InChI=1S/C20H15F2N5OS/c21-12-4-5-15(22)13(9-12)17-3-1-7-26(17)20(28)16-11-29-19(25-16)14-10-24-27-8-2-6-23-18(14)27/h2,4-6,8-11,17H,1,3,7H2/t17-/m0/s1. The summed E-state index contributed by atoms with van der Waals surface area (Å²) >= 11 is 1.33. The molecule has 4 aromatic rings. The fourth-order valence-corrected chi connectivity index (χ4v) is 4.52. The minimum absolute atomic E-state index is 0.207. The number of benzene rings is 1. The van der Waals surface area contributed by atoms with Gasteiger partial charge in [0.1, 0.15) is 22.3 Å². The molecule has 29 heavy (non-hydrogen) atoms. The molecule has 0 unspecified atom stereocenters. The van der Waals surface area contributed by atoms with E-state index in [4.69, 9.17) is 0 Å². The van der Waals surface area contributed by atoms with Gasteiger partial charge in [-0.25, -0.2) is 23.3 Å². The third-order valence-corrected chi connectivity index (χ3v) is 5.94. The second kappa shape index (κ2) is 7.00. The van der Waals surface area contributed by atoms with Crippen molar-refractivity contribution in [1.82, 2.24) is 24.5 Å². The molecule has 1 fully saturated rings. The van der Waals surface area contributed by atoms with Crippen LogP contribution in [0.4, 0.5) is 8.78 Å². The fourth-order valence-electron chi connectivity index (χ4n) is 3.72. The van der Waals surface area contributed by atoms with E-state index in [1.54, 1.807) is 39.5 Å². The number of rotatable bonds is 3. The second-order valence-corrected chi connectivity index (χ2v) is 7.66. The SMILES string of the molecule is O=C(c1csc(-c2cnn3cccnc23)n1)N1CCC[C@H]1c1cc(F)ccc1F. The lowest BCUT2D eigenvalue weighted by Crippen LogP contribution is -2.31.